The number of anilines is 1. The summed E-state index contributed by atoms with van der Waals surface area (Å²) in [4.78, 5) is 11.9. The first-order chi connectivity index (χ1) is 7.29. The number of hydrogen-bond donors (Lipinski definition) is 3. The van der Waals surface area contributed by atoms with Gasteiger partial charge in [-0.2, -0.15) is 0 Å². The first-order valence-electron chi connectivity index (χ1n) is 5.20. The summed E-state index contributed by atoms with van der Waals surface area (Å²) in [6, 6.07) is 7.62. The molecule has 15 heavy (non-hydrogen) atoms. The van der Waals surface area contributed by atoms with Crippen molar-refractivity contribution < 1.29 is 4.79 Å². The van der Waals surface area contributed by atoms with Gasteiger partial charge in [-0.05, 0) is 18.7 Å². The summed E-state index contributed by atoms with van der Waals surface area (Å²) < 4.78 is 0. The van der Waals surface area contributed by atoms with Crippen molar-refractivity contribution in [2.75, 3.05) is 18.4 Å². The van der Waals surface area contributed by atoms with Crippen LogP contribution in [0, 0.1) is 0 Å². The number of benzene rings is 1. The molecule has 4 nitrogen and oxygen atoms in total. The van der Waals surface area contributed by atoms with E-state index >= 15 is 0 Å². The van der Waals surface area contributed by atoms with Gasteiger partial charge >= 0.3 is 0 Å². The zero-order valence-electron chi connectivity index (χ0n) is 8.34. The van der Waals surface area contributed by atoms with Gasteiger partial charge in [-0.3, -0.25) is 4.79 Å². The fourth-order valence-corrected chi connectivity index (χ4v) is 2.27. The van der Waals surface area contributed by atoms with Gasteiger partial charge in [-0.1, -0.05) is 12.1 Å². The first kappa shape index (κ1) is 8.73. The standard InChI is InChI=1S/C11H13N3O/c15-10-8-3-1-2-4-9(8)13-11(14-10)5-6-12-7-11/h1-4,12-13H,5-7H2,(H,14,15)/t11-/m0/s1. The first-order valence-corrected chi connectivity index (χ1v) is 5.20. The lowest BCUT2D eigenvalue weighted by atomic mass is 10.0. The predicted octanol–water partition coefficient (Wildman–Crippen LogP) is 0.531. The second kappa shape index (κ2) is 2.97. The lowest BCUT2D eigenvalue weighted by Gasteiger charge is -2.36. The topological polar surface area (TPSA) is 53.2 Å². The third-order valence-corrected chi connectivity index (χ3v) is 3.05. The van der Waals surface area contributed by atoms with Crippen LogP contribution >= 0.6 is 0 Å². The molecule has 2 heterocycles. The Morgan fingerprint density at radius 1 is 1.20 bits per heavy atom. The number of fused-ring (bicyclic) bond motifs is 1. The third kappa shape index (κ3) is 1.29. The zero-order valence-corrected chi connectivity index (χ0v) is 8.34. The Morgan fingerprint density at radius 3 is 2.87 bits per heavy atom. The predicted molar refractivity (Wildman–Crippen MR) is 57.7 cm³/mol. The van der Waals surface area contributed by atoms with Crippen LogP contribution < -0.4 is 16.0 Å². The number of carbonyl (C=O) groups is 1. The lowest BCUT2D eigenvalue weighted by Crippen LogP contribution is -2.58. The van der Waals surface area contributed by atoms with Gasteiger partial charge in [-0.15, -0.1) is 0 Å². The van der Waals surface area contributed by atoms with Crippen LogP contribution in [0.2, 0.25) is 0 Å². The SMILES string of the molecule is O=C1N[C@]2(CCNC2)Nc2ccccc21. The quantitative estimate of drug-likeness (QED) is 0.576. The molecule has 3 rings (SSSR count). The van der Waals surface area contributed by atoms with Gasteiger partial charge in [0.1, 0.15) is 5.66 Å². The molecular weight excluding hydrogens is 190 g/mol. The average molecular weight is 203 g/mol. The fourth-order valence-electron chi connectivity index (χ4n) is 2.27. The van der Waals surface area contributed by atoms with Crippen LogP contribution in [-0.2, 0) is 0 Å². The van der Waals surface area contributed by atoms with Gasteiger partial charge in [0.2, 0.25) is 0 Å². The van der Waals surface area contributed by atoms with E-state index in [1.807, 2.05) is 24.3 Å². The number of amides is 1. The Hall–Kier alpha value is -1.55. The highest BCUT2D eigenvalue weighted by Gasteiger charge is 2.39. The second-order valence-corrected chi connectivity index (χ2v) is 4.13. The number of rotatable bonds is 0. The van der Waals surface area contributed by atoms with Crippen LogP contribution in [0.5, 0.6) is 0 Å². The van der Waals surface area contributed by atoms with E-state index in [0.29, 0.717) is 0 Å². The molecule has 0 aliphatic carbocycles. The number of para-hydroxylation sites is 1. The van der Waals surface area contributed by atoms with Crippen molar-refractivity contribution in [3.63, 3.8) is 0 Å². The molecule has 1 amide bonds. The molecule has 1 spiro atoms. The summed E-state index contributed by atoms with van der Waals surface area (Å²) in [5.41, 5.74) is 1.39. The molecule has 78 valence electrons. The van der Waals surface area contributed by atoms with E-state index < -0.39 is 0 Å². The fraction of sp³-hybridized carbons (Fsp3) is 0.364. The molecule has 2 aliphatic rings. The molecule has 0 bridgehead atoms. The van der Waals surface area contributed by atoms with E-state index in [1.165, 1.54) is 0 Å². The van der Waals surface area contributed by atoms with Crippen LogP contribution in [0.1, 0.15) is 16.8 Å². The van der Waals surface area contributed by atoms with Crippen molar-refractivity contribution >= 4 is 11.6 Å². The normalized spacial score (nSPS) is 28.4. The number of nitrogens with one attached hydrogen (secondary N) is 3. The molecular formula is C11H13N3O. The van der Waals surface area contributed by atoms with Crippen molar-refractivity contribution in [2.45, 2.75) is 12.1 Å². The maximum absolute atomic E-state index is 11.9. The van der Waals surface area contributed by atoms with E-state index in [0.717, 1.165) is 30.8 Å². The van der Waals surface area contributed by atoms with Gasteiger partial charge in [0, 0.05) is 18.7 Å². The molecule has 1 atom stereocenters. The smallest absolute Gasteiger partial charge is 0.255 e. The summed E-state index contributed by atoms with van der Waals surface area (Å²) in [5.74, 6) is 0.0213. The van der Waals surface area contributed by atoms with Crippen LogP contribution in [0.25, 0.3) is 0 Å². The zero-order chi connectivity index (χ0) is 10.3. The van der Waals surface area contributed by atoms with E-state index in [2.05, 4.69) is 16.0 Å². The average Bonchev–Trinajstić information content (AvgIpc) is 2.66. The van der Waals surface area contributed by atoms with Crippen LogP contribution in [0.4, 0.5) is 5.69 Å². The molecule has 1 saturated heterocycles. The minimum atomic E-state index is -0.272. The van der Waals surface area contributed by atoms with Crippen LogP contribution in [-0.4, -0.2) is 24.7 Å². The Bertz CT molecular complexity index is 410. The monoisotopic (exact) mass is 203 g/mol. The van der Waals surface area contributed by atoms with Crippen molar-refractivity contribution in [2.24, 2.45) is 0 Å². The Balaban J connectivity index is 2.02. The van der Waals surface area contributed by atoms with E-state index in [9.17, 15) is 4.79 Å². The largest absolute Gasteiger partial charge is 0.361 e. The Kier molecular flexibility index (Phi) is 1.73. The molecule has 0 unspecified atom stereocenters. The van der Waals surface area contributed by atoms with Gasteiger partial charge < -0.3 is 16.0 Å². The summed E-state index contributed by atoms with van der Waals surface area (Å²) in [5, 5.41) is 9.70. The van der Waals surface area contributed by atoms with Crippen LogP contribution in [0.3, 0.4) is 0 Å². The maximum Gasteiger partial charge on any atom is 0.255 e. The van der Waals surface area contributed by atoms with Crippen molar-refractivity contribution in [3.05, 3.63) is 29.8 Å². The summed E-state index contributed by atoms with van der Waals surface area (Å²) in [7, 11) is 0. The molecule has 1 fully saturated rings. The van der Waals surface area contributed by atoms with Crippen molar-refractivity contribution in [3.8, 4) is 0 Å². The summed E-state index contributed by atoms with van der Waals surface area (Å²) in [6.07, 6.45) is 0.924. The highest BCUT2D eigenvalue weighted by atomic mass is 16.2. The lowest BCUT2D eigenvalue weighted by molar-refractivity contribution is 0.0907. The van der Waals surface area contributed by atoms with E-state index in [4.69, 9.17) is 0 Å². The molecule has 1 aromatic carbocycles. The minimum Gasteiger partial charge on any atom is -0.361 e. The van der Waals surface area contributed by atoms with Gasteiger partial charge in [0.25, 0.3) is 5.91 Å². The molecule has 1 aromatic rings. The minimum absolute atomic E-state index is 0.0213. The van der Waals surface area contributed by atoms with E-state index in [-0.39, 0.29) is 11.6 Å². The molecule has 4 heteroatoms. The highest BCUT2D eigenvalue weighted by molar-refractivity contribution is 6.02. The molecule has 0 radical (unpaired) electrons. The molecule has 2 aliphatic heterocycles. The molecule has 0 aromatic heterocycles. The third-order valence-electron chi connectivity index (χ3n) is 3.05. The van der Waals surface area contributed by atoms with Crippen LogP contribution in [0.15, 0.2) is 24.3 Å². The second-order valence-electron chi connectivity index (χ2n) is 4.13. The van der Waals surface area contributed by atoms with E-state index in [1.54, 1.807) is 0 Å². The molecule has 3 N–H and O–H groups in total. The molecule has 0 saturated carbocycles. The number of carbonyl (C=O) groups excluding carboxylic acids is 1. The Labute approximate surface area is 88.1 Å². The van der Waals surface area contributed by atoms with Crippen molar-refractivity contribution in [1.29, 1.82) is 0 Å². The van der Waals surface area contributed by atoms with Crippen molar-refractivity contribution in [1.82, 2.24) is 10.6 Å². The Morgan fingerprint density at radius 2 is 2.07 bits per heavy atom. The number of hydrogen-bond acceptors (Lipinski definition) is 3. The summed E-state index contributed by atoms with van der Waals surface area (Å²) in [6.45, 7) is 1.72. The van der Waals surface area contributed by atoms with Gasteiger partial charge in [0.15, 0.2) is 0 Å². The van der Waals surface area contributed by atoms with Gasteiger partial charge in [0.05, 0.1) is 5.56 Å². The maximum atomic E-state index is 11.9. The summed E-state index contributed by atoms with van der Waals surface area (Å²) >= 11 is 0. The highest BCUT2D eigenvalue weighted by Crippen LogP contribution is 2.27. The van der Waals surface area contributed by atoms with Gasteiger partial charge in [-0.25, -0.2) is 0 Å².